The Kier molecular flexibility index (Phi) is 8.48. The molecule has 170 valence electrons. The number of hydrogen-bond acceptors (Lipinski definition) is 4. The van der Waals surface area contributed by atoms with Crippen molar-refractivity contribution in [2.45, 2.75) is 58.0 Å². The zero-order chi connectivity index (χ0) is 22.9. The van der Waals surface area contributed by atoms with Gasteiger partial charge in [0, 0.05) is 12.3 Å². The van der Waals surface area contributed by atoms with E-state index in [0.29, 0.717) is 23.5 Å². The van der Waals surface area contributed by atoms with Crippen LogP contribution in [0.15, 0.2) is 54.8 Å². The van der Waals surface area contributed by atoms with E-state index in [1.807, 2.05) is 30.3 Å². The second kappa shape index (κ2) is 11.5. The predicted molar refractivity (Wildman–Crippen MR) is 124 cm³/mol. The first kappa shape index (κ1) is 23.6. The van der Waals surface area contributed by atoms with Gasteiger partial charge in [-0.05, 0) is 47.6 Å². The van der Waals surface area contributed by atoms with Crippen molar-refractivity contribution in [1.82, 2.24) is 0 Å². The molecule has 0 saturated heterocycles. The van der Waals surface area contributed by atoms with Crippen molar-refractivity contribution in [3.8, 4) is 5.75 Å². The average Bonchev–Trinajstić information content (AvgIpc) is 3.60. The van der Waals surface area contributed by atoms with Crippen LogP contribution in [-0.2, 0) is 20.9 Å². The largest absolute Gasteiger partial charge is 0.503 e. The van der Waals surface area contributed by atoms with Crippen LogP contribution >= 0.6 is 0 Å². The Morgan fingerprint density at radius 3 is 2.66 bits per heavy atom. The molecule has 0 heterocycles. The number of aliphatic carboxylic acids is 1. The third-order valence-corrected chi connectivity index (χ3v) is 5.93. The van der Waals surface area contributed by atoms with E-state index in [2.05, 4.69) is 13.0 Å². The van der Waals surface area contributed by atoms with Gasteiger partial charge >= 0.3 is 5.97 Å². The monoisotopic (exact) mass is 436 g/mol. The molecule has 0 amide bonds. The Bertz CT molecular complexity index is 962. The van der Waals surface area contributed by atoms with Crippen molar-refractivity contribution < 1.29 is 24.2 Å². The standard InChI is InChI=1S/C27H32O5/c1-3-4-5-6-14-26(28)24-16-23(24)19-11-9-12-21(15-19)32-17-20-10-7-8-13-22(20)25(18-31-2)27(29)30/h7-13,15,18,23-24H,3-6,14,16-17H2,1-2H3,(H,29,30)/b25-18+. The SMILES string of the molecule is CCCCCCC(=O)C1CC1c1cccc(OCc2ccccc2/C(=C\OC)C(=O)O)c1. The van der Waals surface area contributed by atoms with Gasteiger partial charge in [0.1, 0.15) is 23.7 Å². The van der Waals surface area contributed by atoms with Crippen molar-refractivity contribution >= 4 is 17.3 Å². The Hall–Kier alpha value is -3.08. The van der Waals surface area contributed by atoms with E-state index in [0.717, 1.165) is 30.4 Å². The van der Waals surface area contributed by atoms with Crippen molar-refractivity contribution in [2.75, 3.05) is 7.11 Å². The van der Waals surface area contributed by atoms with E-state index in [1.165, 1.54) is 26.2 Å². The lowest BCUT2D eigenvalue weighted by atomic mass is 10.0. The van der Waals surface area contributed by atoms with Crippen LogP contribution in [0.4, 0.5) is 0 Å². The van der Waals surface area contributed by atoms with Gasteiger partial charge < -0.3 is 14.6 Å². The van der Waals surface area contributed by atoms with E-state index >= 15 is 0 Å². The van der Waals surface area contributed by atoms with Gasteiger partial charge in [-0.1, -0.05) is 62.6 Å². The van der Waals surface area contributed by atoms with Gasteiger partial charge in [0.25, 0.3) is 0 Å². The fourth-order valence-electron chi connectivity index (χ4n) is 4.08. The maximum absolute atomic E-state index is 12.5. The number of rotatable bonds is 13. The fraction of sp³-hybridized carbons (Fsp3) is 0.407. The number of hydrogen-bond donors (Lipinski definition) is 1. The summed E-state index contributed by atoms with van der Waals surface area (Å²) in [6.45, 7) is 2.41. The Morgan fingerprint density at radius 2 is 1.91 bits per heavy atom. The molecule has 0 aliphatic heterocycles. The second-order valence-corrected chi connectivity index (χ2v) is 8.32. The number of carboxylic acids is 1. The van der Waals surface area contributed by atoms with Gasteiger partial charge in [-0.25, -0.2) is 4.79 Å². The molecule has 0 radical (unpaired) electrons. The lowest BCUT2D eigenvalue weighted by molar-refractivity contribution is -0.130. The summed E-state index contributed by atoms with van der Waals surface area (Å²) in [4.78, 5) is 24.1. The summed E-state index contributed by atoms with van der Waals surface area (Å²) in [6, 6.07) is 15.1. The first-order valence-electron chi connectivity index (χ1n) is 11.3. The molecular weight excluding hydrogens is 404 g/mol. The van der Waals surface area contributed by atoms with Crippen LogP contribution in [0.5, 0.6) is 5.75 Å². The third-order valence-electron chi connectivity index (χ3n) is 5.93. The van der Waals surface area contributed by atoms with Crippen LogP contribution < -0.4 is 4.74 Å². The molecule has 3 rings (SSSR count). The quantitative estimate of drug-likeness (QED) is 0.237. The molecule has 0 aromatic heterocycles. The summed E-state index contributed by atoms with van der Waals surface area (Å²) in [5.74, 6) is 0.474. The number of benzene rings is 2. The zero-order valence-corrected chi connectivity index (χ0v) is 18.9. The van der Waals surface area contributed by atoms with E-state index in [4.69, 9.17) is 9.47 Å². The predicted octanol–water partition coefficient (Wildman–Crippen LogP) is 5.98. The smallest absolute Gasteiger partial charge is 0.339 e. The minimum Gasteiger partial charge on any atom is -0.503 e. The average molecular weight is 437 g/mol. The summed E-state index contributed by atoms with van der Waals surface area (Å²) < 4.78 is 10.9. The lowest BCUT2D eigenvalue weighted by Gasteiger charge is -2.12. The van der Waals surface area contributed by atoms with E-state index in [9.17, 15) is 14.7 Å². The highest BCUT2D eigenvalue weighted by atomic mass is 16.5. The molecule has 2 unspecified atom stereocenters. The first-order chi connectivity index (χ1) is 15.5. The Labute approximate surface area is 190 Å². The zero-order valence-electron chi connectivity index (χ0n) is 18.9. The molecule has 0 spiro atoms. The Morgan fingerprint density at radius 1 is 1.09 bits per heavy atom. The number of carbonyl (C=O) groups excluding carboxylic acids is 1. The van der Waals surface area contributed by atoms with Crippen LogP contribution in [0.1, 0.15) is 68.1 Å². The molecule has 2 aromatic rings. The normalized spacial score (nSPS) is 17.6. The van der Waals surface area contributed by atoms with Crippen LogP contribution in [-0.4, -0.2) is 24.0 Å². The maximum Gasteiger partial charge on any atom is 0.339 e. The van der Waals surface area contributed by atoms with Crippen LogP contribution in [0.2, 0.25) is 0 Å². The van der Waals surface area contributed by atoms with E-state index < -0.39 is 5.97 Å². The molecule has 0 bridgehead atoms. The van der Waals surface area contributed by atoms with Gasteiger partial charge in [0.2, 0.25) is 0 Å². The molecule has 1 aliphatic rings. The summed E-state index contributed by atoms with van der Waals surface area (Å²) >= 11 is 0. The number of carbonyl (C=O) groups is 2. The highest BCUT2D eigenvalue weighted by molar-refractivity contribution is 6.15. The summed E-state index contributed by atoms with van der Waals surface area (Å²) in [5, 5.41) is 9.51. The number of methoxy groups -OCH3 is 1. The Balaban J connectivity index is 1.62. The lowest BCUT2D eigenvalue weighted by Crippen LogP contribution is -2.06. The molecule has 1 aliphatic carbocycles. The number of Topliss-reactive ketones (excluding diaryl/α,β-unsaturated/α-hetero) is 1. The van der Waals surface area contributed by atoms with Crippen LogP contribution in [0, 0.1) is 5.92 Å². The number of carboxylic acid groups (broad SMARTS) is 1. The van der Waals surface area contributed by atoms with Crippen molar-refractivity contribution in [1.29, 1.82) is 0 Å². The van der Waals surface area contributed by atoms with Gasteiger partial charge in [-0.15, -0.1) is 0 Å². The van der Waals surface area contributed by atoms with Gasteiger partial charge in [-0.2, -0.15) is 0 Å². The molecular formula is C27H32O5. The maximum atomic E-state index is 12.5. The minimum atomic E-state index is -1.06. The molecule has 1 fully saturated rings. The molecule has 5 nitrogen and oxygen atoms in total. The first-order valence-corrected chi connectivity index (χ1v) is 11.3. The highest BCUT2D eigenvalue weighted by Crippen LogP contribution is 2.49. The molecule has 32 heavy (non-hydrogen) atoms. The summed E-state index contributed by atoms with van der Waals surface area (Å²) in [5.41, 5.74) is 2.54. The summed E-state index contributed by atoms with van der Waals surface area (Å²) in [6.07, 6.45) is 7.34. The molecule has 1 saturated carbocycles. The van der Waals surface area contributed by atoms with Crippen molar-refractivity contribution in [2.24, 2.45) is 5.92 Å². The van der Waals surface area contributed by atoms with Crippen LogP contribution in [0.3, 0.4) is 0 Å². The topological polar surface area (TPSA) is 72.8 Å². The minimum absolute atomic E-state index is 0.0822. The highest BCUT2D eigenvalue weighted by Gasteiger charge is 2.43. The van der Waals surface area contributed by atoms with E-state index in [1.54, 1.807) is 12.1 Å². The third kappa shape index (κ3) is 6.22. The molecule has 2 atom stereocenters. The molecule has 2 aromatic carbocycles. The molecule has 5 heteroatoms. The second-order valence-electron chi connectivity index (χ2n) is 8.32. The van der Waals surface area contributed by atoms with Crippen LogP contribution in [0.25, 0.3) is 5.57 Å². The number of unbranched alkanes of at least 4 members (excludes halogenated alkanes) is 3. The van der Waals surface area contributed by atoms with Crippen molar-refractivity contribution in [3.05, 3.63) is 71.5 Å². The van der Waals surface area contributed by atoms with Crippen molar-refractivity contribution in [3.63, 3.8) is 0 Å². The van der Waals surface area contributed by atoms with Gasteiger partial charge in [0.15, 0.2) is 0 Å². The van der Waals surface area contributed by atoms with Gasteiger partial charge in [-0.3, -0.25) is 4.79 Å². The van der Waals surface area contributed by atoms with Gasteiger partial charge in [0.05, 0.1) is 13.4 Å². The summed E-state index contributed by atoms with van der Waals surface area (Å²) in [7, 11) is 1.43. The number of ether oxygens (including phenoxy) is 2. The molecule has 1 N–H and O–H groups in total. The number of ketones is 1. The van der Waals surface area contributed by atoms with E-state index in [-0.39, 0.29) is 24.0 Å². The fourth-order valence-corrected chi connectivity index (χ4v) is 4.08.